The maximum Gasteiger partial charge on any atom is 0.213 e. The summed E-state index contributed by atoms with van der Waals surface area (Å²) in [6.45, 7) is 4.30. The first kappa shape index (κ1) is 21.0. The molecule has 3 rings (SSSR count). The zero-order valence-electron chi connectivity index (χ0n) is 16.7. The number of halogens is 1. The summed E-state index contributed by atoms with van der Waals surface area (Å²) in [6, 6.07) is 17.5. The average Bonchev–Trinajstić information content (AvgIpc) is 2.75. The standard InChI is InChI=1S/C23H25ClN2O3/c1-17-6-8-18(9-7-17)16-29-22-14-20(24)19(13-21(22)27-2)15-25-11-12-28-23-5-3-4-10-26-23/h3-10,13-14,25H,11-12,15-16H2,1-2H3. The van der Waals surface area contributed by atoms with E-state index in [1.807, 2.05) is 24.3 Å². The summed E-state index contributed by atoms with van der Waals surface area (Å²) < 4.78 is 17.0. The zero-order chi connectivity index (χ0) is 20.5. The Bertz CT molecular complexity index is 902. The number of ether oxygens (including phenoxy) is 3. The van der Waals surface area contributed by atoms with Gasteiger partial charge in [0.2, 0.25) is 5.88 Å². The van der Waals surface area contributed by atoms with Crippen LogP contribution in [0.25, 0.3) is 0 Å². The average molecular weight is 413 g/mol. The summed E-state index contributed by atoms with van der Waals surface area (Å²) in [6.07, 6.45) is 1.71. The number of nitrogens with zero attached hydrogens (tertiary/aromatic N) is 1. The van der Waals surface area contributed by atoms with Crippen LogP contribution in [0.15, 0.2) is 60.8 Å². The molecule has 5 nitrogen and oxygen atoms in total. The van der Waals surface area contributed by atoms with Crippen LogP contribution in [0.4, 0.5) is 0 Å². The van der Waals surface area contributed by atoms with Crippen LogP contribution in [-0.4, -0.2) is 25.2 Å². The Morgan fingerprint density at radius 2 is 1.83 bits per heavy atom. The van der Waals surface area contributed by atoms with Gasteiger partial charge in [0.1, 0.15) is 13.2 Å². The van der Waals surface area contributed by atoms with Crippen LogP contribution < -0.4 is 19.5 Å². The molecule has 0 aliphatic heterocycles. The number of aromatic nitrogens is 1. The van der Waals surface area contributed by atoms with Crippen LogP contribution in [-0.2, 0) is 13.2 Å². The number of pyridine rings is 1. The van der Waals surface area contributed by atoms with Crippen LogP contribution in [0.3, 0.4) is 0 Å². The molecule has 3 aromatic rings. The van der Waals surface area contributed by atoms with E-state index in [1.165, 1.54) is 5.56 Å². The van der Waals surface area contributed by atoms with Crippen molar-refractivity contribution in [3.63, 3.8) is 0 Å². The zero-order valence-corrected chi connectivity index (χ0v) is 17.4. The molecule has 0 amide bonds. The molecule has 0 atom stereocenters. The van der Waals surface area contributed by atoms with Gasteiger partial charge in [0.15, 0.2) is 11.5 Å². The Morgan fingerprint density at radius 1 is 1.00 bits per heavy atom. The molecule has 0 bridgehead atoms. The third-order valence-electron chi connectivity index (χ3n) is 4.33. The van der Waals surface area contributed by atoms with Gasteiger partial charge in [-0.05, 0) is 30.2 Å². The number of aryl methyl sites for hydroxylation is 1. The minimum absolute atomic E-state index is 0.454. The van der Waals surface area contributed by atoms with Crippen molar-refractivity contribution >= 4 is 11.6 Å². The molecule has 1 N–H and O–H groups in total. The molecule has 0 fully saturated rings. The fourth-order valence-electron chi connectivity index (χ4n) is 2.71. The van der Waals surface area contributed by atoms with Crippen molar-refractivity contribution in [2.45, 2.75) is 20.1 Å². The largest absolute Gasteiger partial charge is 0.493 e. The maximum absolute atomic E-state index is 6.45. The molecule has 6 heteroatoms. The predicted octanol–water partition coefficient (Wildman–Crippen LogP) is 4.80. The molecular formula is C23H25ClN2O3. The second-order valence-corrected chi connectivity index (χ2v) is 6.97. The van der Waals surface area contributed by atoms with E-state index in [9.17, 15) is 0 Å². The van der Waals surface area contributed by atoms with Gasteiger partial charge < -0.3 is 19.5 Å². The lowest BCUT2D eigenvalue weighted by Crippen LogP contribution is -2.21. The summed E-state index contributed by atoms with van der Waals surface area (Å²) in [5.41, 5.74) is 3.24. The van der Waals surface area contributed by atoms with Crippen LogP contribution >= 0.6 is 11.6 Å². The molecule has 0 aliphatic rings. The van der Waals surface area contributed by atoms with E-state index < -0.39 is 0 Å². The molecule has 152 valence electrons. The fraction of sp³-hybridized carbons (Fsp3) is 0.261. The number of methoxy groups -OCH3 is 1. The van der Waals surface area contributed by atoms with E-state index in [-0.39, 0.29) is 0 Å². The molecule has 0 spiro atoms. The van der Waals surface area contributed by atoms with Crippen molar-refractivity contribution in [1.29, 1.82) is 0 Å². The summed E-state index contributed by atoms with van der Waals surface area (Å²) in [5.74, 6) is 1.90. The number of nitrogens with one attached hydrogen (secondary N) is 1. The van der Waals surface area contributed by atoms with Crippen molar-refractivity contribution in [3.05, 3.63) is 82.5 Å². The van der Waals surface area contributed by atoms with E-state index >= 15 is 0 Å². The summed E-state index contributed by atoms with van der Waals surface area (Å²) in [5, 5.41) is 3.94. The Balaban J connectivity index is 1.52. The van der Waals surface area contributed by atoms with E-state index in [2.05, 4.69) is 41.5 Å². The lowest BCUT2D eigenvalue weighted by molar-refractivity contribution is 0.284. The third-order valence-corrected chi connectivity index (χ3v) is 4.68. The van der Waals surface area contributed by atoms with E-state index in [0.29, 0.717) is 48.7 Å². The summed E-state index contributed by atoms with van der Waals surface area (Å²) in [4.78, 5) is 4.12. The minimum atomic E-state index is 0.454. The van der Waals surface area contributed by atoms with Gasteiger partial charge in [-0.3, -0.25) is 0 Å². The second-order valence-electron chi connectivity index (χ2n) is 6.56. The predicted molar refractivity (Wildman–Crippen MR) is 115 cm³/mol. The highest BCUT2D eigenvalue weighted by atomic mass is 35.5. The van der Waals surface area contributed by atoms with Gasteiger partial charge in [-0.15, -0.1) is 0 Å². The quantitative estimate of drug-likeness (QED) is 0.485. The first-order valence-electron chi connectivity index (χ1n) is 9.45. The molecule has 29 heavy (non-hydrogen) atoms. The number of hydrogen-bond acceptors (Lipinski definition) is 5. The van der Waals surface area contributed by atoms with Crippen LogP contribution in [0.2, 0.25) is 5.02 Å². The molecule has 0 saturated carbocycles. The van der Waals surface area contributed by atoms with E-state index in [0.717, 1.165) is 11.1 Å². The maximum atomic E-state index is 6.45. The van der Waals surface area contributed by atoms with Gasteiger partial charge in [0, 0.05) is 36.4 Å². The SMILES string of the molecule is COc1cc(CNCCOc2ccccn2)c(Cl)cc1OCc1ccc(C)cc1. The van der Waals surface area contributed by atoms with Gasteiger partial charge in [-0.2, -0.15) is 0 Å². The lowest BCUT2D eigenvalue weighted by atomic mass is 10.1. The number of benzene rings is 2. The Morgan fingerprint density at radius 3 is 2.55 bits per heavy atom. The summed E-state index contributed by atoms with van der Waals surface area (Å²) in [7, 11) is 1.62. The third kappa shape index (κ3) is 6.38. The molecular weight excluding hydrogens is 388 g/mol. The van der Waals surface area contributed by atoms with Crippen LogP contribution in [0.1, 0.15) is 16.7 Å². The van der Waals surface area contributed by atoms with Crippen molar-refractivity contribution in [1.82, 2.24) is 10.3 Å². The highest BCUT2D eigenvalue weighted by Gasteiger charge is 2.11. The topological polar surface area (TPSA) is 52.6 Å². The first-order chi connectivity index (χ1) is 14.2. The monoisotopic (exact) mass is 412 g/mol. The highest BCUT2D eigenvalue weighted by molar-refractivity contribution is 6.31. The van der Waals surface area contributed by atoms with E-state index in [1.54, 1.807) is 19.4 Å². The van der Waals surface area contributed by atoms with Gasteiger partial charge in [0.05, 0.1) is 7.11 Å². The van der Waals surface area contributed by atoms with Gasteiger partial charge >= 0.3 is 0 Å². The van der Waals surface area contributed by atoms with Crippen molar-refractivity contribution < 1.29 is 14.2 Å². The number of hydrogen-bond donors (Lipinski definition) is 1. The molecule has 0 unspecified atom stereocenters. The Kier molecular flexibility index (Phi) is 7.73. The molecule has 0 radical (unpaired) electrons. The normalized spacial score (nSPS) is 10.6. The smallest absolute Gasteiger partial charge is 0.213 e. The molecule has 0 aliphatic carbocycles. The van der Waals surface area contributed by atoms with Crippen molar-refractivity contribution in [2.24, 2.45) is 0 Å². The molecule has 2 aromatic carbocycles. The second kappa shape index (κ2) is 10.7. The molecule has 0 saturated heterocycles. The van der Waals surface area contributed by atoms with E-state index in [4.69, 9.17) is 25.8 Å². The van der Waals surface area contributed by atoms with Gasteiger partial charge in [0.25, 0.3) is 0 Å². The summed E-state index contributed by atoms with van der Waals surface area (Å²) >= 11 is 6.45. The van der Waals surface area contributed by atoms with Crippen LogP contribution in [0, 0.1) is 6.92 Å². The highest BCUT2D eigenvalue weighted by Crippen LogP contribution is 2.34. The van der Waals surface area contributed by atoms with Crippen molar-refractivity contribution in [3.8, 4) is 17.4 Å². The number of rotatable bonds is 10. The van der Waals surface area contributed by atoms with Gasteiger partial charge in [-0.25, -0.2) is 4.98 Å². The lowest BCUT2D eigenvalue weighted by Gasteiger charge is -2.14. The Hall–Kier alpha value is -2.76. The minimum Gasteiger partial charge on any atom is -0.493 e. The van der Waals surface area contributed by atoms with Gasteiger partial charge in [-0.1, -0.05) is 47.5 Å². The molecule has 1 heterocycles. The molecule has 1 aromatic heterocycles. The fourth-order valence-corrected chi connectivity index (χ4v) is 2.93. The van der Waals surface area contributed by atoms with Crippen LogP contribution in [0.5, 0.6) is 17.4 Å². The Labute approximate surface area is 176 Å². The first-order valence-corrected chi connectivity index (χ1v) is 9.83. The van der Waals surface area contributed by atoms with Crippen molar-refractivity contribution in [2.75, 3.05) is 20.3 Å².